The lowest BCUT2D eigenvalue weighted by molar-refractivity contribution is 0.0722. The summed E-state index contributed by atoms with van der Waals surface area (Å²) in [5, 5.41) is -0.304. The number of rotatable bonds is 4. The van der Waals surface area contributed by atoms with Crippen molar-refractivity contribution >= 4 is 27.5 Å². The third-order valence-corrected chi connectivity index (χ3v) is 6.39. The van der Waals surface area contributed by atoms with Gasteiger partial charge in [0.05, 0.1) is 10.8 Å². The highest BCUT2D eigenvalue weighted by Crippen LogP contribution is 2.25. The molecule has 1 aliphatic heterocycles. The van der Waals surface area contributed by atoms with E-state index in [-0.39, 0.29) is 11.2 Å². The number of benzene rings is 1. The van der Waals surface area contributed by atoms with E-state index in [0.29, 0.717) is 25.9 Å². The summed E-state index contributed by atoms with van der Waals surface area (Å²) < 4.78 is 23.1. The van der Waals surface area contributed by atoms with Crippen molar-refractivity contribution in [1.82, 2.24) is 4.90 Å². The summed E-state index contributed by atoms with van der Waals surface area (Å²) in [6.45, 7) is 3.09. The summed E-state index contributed by atoms with van der Waals surface area (Å²) in [5.41, 5.74) is 0.724. The highest BCUT2D eigenvalue weighted by atomic mass is 32.2. The Labute approximate surface area is 130 Å². The molecule has 1 aromatic rings. The topological polar surface area (TPSA) is 54.5 Å². The van der Waals surface area contributed by atoms with E-state index in [1.807, 2.05) is 24.3 Å². The Morgan fingerprint density at radius 3 is 2.48 bits per heavy atom. The van der Waals surface area contributed by atoms with Crippen LogP contribution < -0.4 is 0 Å². The van der Waals surface area contributed by atoms with E-state index < -0.39 is 9.84 Å². The minimum absolute atomic E-state index is 0.0125. The number of amides is 1. The molecule has 0 aromatic heterocycles. The second-order valence-electron chi connectivity index (χ2n) is 5.25. The predicted octanol–water partition coefficient (Wildman–Crippen LogP) is 2.45. The van der Waals surface area contributed by atoms with Gasteiger partial charge in [-0.2, -0.15) is 0 Å². The quantitative estimate of drug-likeness (QED) is 0.797. The molecule has 1 fully saturated rings. The van der Waals surface area contributed by atoms with Crippen LogP contribution >= 0.6 is 11.8 Å². The number of carbonyl (C=O) groups is 1. The molecule has 0 atom stereocenters. The summed E-state index contributed by atoms with van der Waals surface area (Å²) in [5.74, 6) is 0.930. The number of nitrogens with zero attached hydrogens (tertiary/aromatic N) is 1. The van der Waals surface area contributed by atoms with Gasteiger partial charge in [-0.15, -0.1) is 11.8 Å². The normalized spacial score (nSPS) is 17.0. The molecule has 0 aliphatic carbocycles. The van der Waals surface area contributed by atoms with Crippen molar-refractivity contribution in [2.24, 2.45) is 0 Å². The molecule has 0 radical (unpaired) electrons. The molecule has 6 heteroatoms. The van der Waals surface area contributed by atoms with Gasteiger partial charge in [0.1, 0.15) is 9.84 Å². The average molecular weight is 327 g/mol. The van der Waals surface area contributed by atoms with Crippen molar-refractivity contribution in [2.45, 2.75) is 29.9 Å². The van der Waals surface area contributed by atoms with E-state index in [9.17, 15) is 13.2 Å². The van der Waals surface area contributed by atoms with E-state index in [4.69, 9.17) is 0 Å². The molecular weight excluding hydrogens is 306 g/mol. The summed E-state index contributed by atoms with van der Waals surface area (Å²) in [4.78, 5) is 15.4. The summed E-state index contributed by atoms with van der Waals surface area (Å²) in [6.07, 6.45) is 2.35. The Bertz CT molecular complexity index is 605. The van der Waals surface area contributed by atoms with Gasteiger partial charge in [-0.05, 0) is 30.7 Å². The smallest absolute Gasteiger partial charge is 0.254 e. The molecular formula is C15H21NO3S2. The van der Waals surface area contributed by atoms with Crippen molar-refractivity contribution in [3.63, 3.8) is 0 Å². The third kappa shape index (κ3) is 4.01. The van der Waals surface area contributed by atoms with Crippen LogP contribution in [0.4, 0.5) is 0 Å². The molecule has 1 aliphatic rings. The van der Waals surface area contributed by atoms with Crippen LogP contribution in [0.1, 0.15) is 30.1 Å². The molecule has 0 N–H and O–H groups in total. The Morgan fingerprint density at radius 1 is 1.29 bits per heavy atom. The van der Waals surface area contributed by atoms with Crippen molar-refractivity contribution in [3.05, 3.63) is 29.8 Å². The molecule has 1 heterocycles. The van der Waals surface area contributed by atoms with Crippen LogP contribution in [0.3, 0.4) is 0 Å². The summed E-state index contributed by atoms with van der Waals surface area (Å²) in [6, 6.07) is 7.62. The van der Waals surface area contributed by atoms with Gasteiger partial charge in [0.25, 0.3) is 5.91 Å². The minimum atomic E-state index is -3.00. The maximum Gasteiger partial charge on any atom is 0.254 e. The number of hydrogen-bond donors (Lipinski definition) is 0. The van der Waals surface area contributed by atoms with Crippen LogP contribution in [0.2, 0.25) is 0 Å². The van der Waals surface area contributed by atoms with Gasteiger partial charge in [0.2, 0.25) is 0 Å². The van der Waals surface area contributed by atoms with Gasteiger partial charge in [-0.25, -0.2) is 8.42 Å². The number of likely N-dealkylation sites (tertiary alicyclic amines) is 1. The van der Waals surface area contributed by atoms with Gasteiger partial charge in [-0.3, -0.25) is 4.79 Å². The van der Waals surface area contributed by atoms with Crippen molar-refractivity contribution in [3.8, 4) is 0 Å². The van der Waals surface area contributed by atoms with Crippen molar-refractivity contribution in [2.75, 3.05) is 25.1 Å². The maximum absolute atomic E-state index is 12.6. The van der Waals surface area contributed by atoms with Crippen molar-refractivity contribution in [1.29, 1.82) is 0 Å². The molecule has 21 heavy (non-hydrogen) atoms. The molecule has 4 nitrogen and oxygen atoms in total. The first kappa shape index (κ1) is 16.4. The van der Waals surface area contributed by atoms with Crippen LogP contribution in [0.5, 0.6) is 0 Å². The van der Waals surface area contributed by atoms with Crippen LogP contribution in [-0.4, -0.2) is 49.6 Å². The fraction of sp³-hybridized carbons (Fsp3) is 0.533. The van der Waals surface area contributed by atoms with Crippen LogP contribution in [0, 0.1) is 0 Å². The molecule has 0 unspecified atom stereocenters. The molecule has 0 saturated carbocycles. The number of hydrogen-bond acceptors (Lipinski definition) is 4. The van der Waals surface area contributed by atoms with Crippen molar-refractivity contribution < 1.29 is 13.2 Å². The number of carbonyl (C=O) groups excluding carboxylic acids is 1. The molecule has 1 amide bonds. The van der Waals surface area contributed by atoms with Crippen LogP contribution in [-0.2, 0) is 9.84 Å². The first-order chi connectivity index (χ1) is 9.93. The second-order valence-corrected chi connectivity index (χ2v) is 8.88. The van der Waals surface area contributed by atoms with E-state index in [1.165, 1.54) is 6.26 Å². The SMILES string of the molecule is CCSc1ccccc1C(=O)N1CCC(S(C)(=O)=O)CC1. The maximum atomic E-state index is 12.6. The fourth-order valence-corrected chi connectivity index (χ4v) is 4.45. The highest BCUT2D eigenvalue weighted by Gasteiger charge is 2.29. The first-order valence-corrected chi connectivity index (χ1v) is 10.1. The van der Waals surface area contributed by atoms with Gasteiger partial charge >= 0.3 is 0 Å². The molecule has 2 rings (SSSR count). The second kappa shape index (κ2) is 6.83. The lowest BCUT2D eigenvalue weighted by Gasteiger charge is -2.31. The van der Waals surface area contributed by atoms with Gasteiger partial charge in [-0.1, -0.05) is 19.1 Å². The minimum Gasteiger partial charge on any atom is -0.339 e. The lowest BCUT2D eigenvalue weighted by atomic mass is 10.1. The summed E-state index contributed by atoms with van der Waals surface area (Å²) >= 11 is 1.66. The van der Waals surface area contributed by atoms with E-state index in [2.05, 4.69) is 6.92 Å². The lowest BCUT2D eigenvalue weighted by Crippen LogP contribution is -2.42. The Morgan fingerprint density at radius 2 is 1.90 bits per heavy atom. The average Bonchev–Trinajstić information content (AvgIpc) is 2.47. The highest BCUT2D eigenvalue weighted by molar-refractivity contribution is 7.99. The van der Waals surface area contributed by atoms with E-state index in [1.54, 1.807) is 16.7 Å². The first-order valence-electron chi connectivity index (χ1n) is 7.13. The molecule has 116 valence electrons. The molecule has 1 aromatic carbocycles. The zero-order valence-electron chi connectivity index (χ0n) is 12.4. The summed E-state index contributed by atoms with van der Waals surface area (Å²) in [7, 11) is -3.00. The van der Waals surface area contributed by atoms with Gasteiger partial charge in [0.15, 0.2) is 0 Å². The number of thioether (sulfide) groups is 1. The third-order valence-electron chi connectivity index (χ3n) is 3.75. The fourth-order valence-electron chi connectivity index (χ4n) is 2.58. The predicted molar refractivity (Wildman–Crippen MR) is 86.6 cm³/mol. The van der Waals surface area contributed by atoms with E-state index >= 15 is 0 Å². The van der Waals surface area contributed by atoms with Gasteiger partial charge < -0.3 is 4.90 Å². The number of piperidine rings is 1. The van der Waals surface area contributed by atoms with Gasteiger partial charge in [0, 0.05) is 24.2 Å². The largest absolute Gasteiger partial charge is 0.339 e. The molecule has 1 saturated heterocycles. The van der Waals surface area contributed by atoms with Crippen LogP contribution in [0.15, 0.2) is 29.2 Å². The number of sulfone groups is 1. The zero-order valence-corrected chi connectivity index (χ0v) is 14.0. The van der Waals surface area contributed by atoms with Crippen LogP contribution in [0.25, 0.3) is 0 Å². The van der Waals surface area contributed by atoms with E-state index in [0.717, 1.165) is 16.2 Å². The standard InChI is InChI=1S/C15H21NO3S2/c1-3-20-14-7-5-4-6-13(14)15(17)16-10-8-12(9-11-16)21(2,18)19/h4-7,12H,3,8-11H2,1-2H3. The Hall–Kier alpha value is -1.01. The monoisotopic (exact) mass is 327 g/mol. The Balaban J connectivity index is 2.09. The zero-order chi connectivity index (χ0) is 15.5. The molecule has 0 spiro atoms. The molecule has 0 bridgehead atoms. The Kier molecular flexibility index (Phi) is 5.32.